The summed E-state index contributed by atoms with van der Waals surface area (Å²) >= 11 is 0. The first-order valence-corrected chi connectivity index (χ1v) is 13.0. The largest absolute Gasteiger partial charge is 0.467 e. The van der Waals surface area contributed by atoms with Gasteiger partial charge in [0.25, 0.3) is 0 Å². The Bertz CT molecular complexity index is 1360. The maximum atomic E-state index is 13.9. The van der Waals surface area contributed by atoms with Crippen LogP contribution in [0.25, 0.3) is 0 Å². The Labute approximate surface area is 227 Å². The number of carbonyl (C=O) groups excluding carboxylic acids is 4. The molecule has 11 atom stereocenters. The molecule has 0 radical (unpaired) electrons. The molecule has 2 saturated carbocycles. The van der Waals surface area contributed by atoms with Crippen LogP contribution in [0.15, 0.2) is 35.9 Å². The van der Waals surface area contributed by atoms with Crippen molar-refractivity contribution < 1.29 is 57.8 Å². The number of methoxy groups -OCH3 is 1. The van der Waals surface area contributed by atoms with Crippen LogP contribution in [-0.2, 0) is 33.3 Å². The smallest absolute Gasteiger partial charge is 0.348 e. The van der Waals surface area contributed by atoms with Gasteiger partial charge in [0, 0.05) is 16.7 Å². The number of halogens is 1. The van der Waals surface area contributed by atoms with Crippen molar-refractivity contribution >= 4 is 23.7 Å². The lowest BCUT2D eigenvalue weighted by Gasteiger charge is -2.67. The lowest BCUT2D eigenvalue weighted by molar-refractivity contribution is -0.296. The van der Waals surface area contributed by atoms with E-state index < -0.39 is 94.2 Å². The second-order valence-corrected chi connectivity index (χ2v) is 11.7. The van der Waals surface area contributed by atoms with Crippen LogP contribution in [0, 0.1) is 34.4 Å². The van der Waals surface area contributed by atoms with Gasteiger partial charge in [-0.3, -0.25) is 4.79 Å². The molecule has 3 aliphatic carbocycles. The number of hydrogen-bond acceptors (Lipinski definition) is 11. The number of esters is 3. The number of allylic oxidation sites excluding steroid dienone is 1. The topological polar surface area (TPSA) is 166 Å². The van der Waals surface area contributed by atoms with Crippen molar-refractivity contribution in [2.75, 3.05) is 13.7 Å². The number of carbonyl (C=O) groups is 4. The van der Waals surface area contributed by atoms with E-state index >= 15 is 0 Å². The highest BCUT2D eigenvalue weighted by Gasteiger charge is 2.85. The molecule has 2 bridgehead atoms. The van der Waals surface area contributed by atoms with Gasteiger partial charge in [0.2, 0.25) is 11.7 Å². The van der Waals surface area contributed by atoms with Gasteiger partial charge < -0.3 is 34.3 Å². The molecule has 0 amide bonds. The minimum absolute atomic E-state index is 0.107. The van der Waals surface area contributed by atoms with Gasteiger partial charge in [-0.25, -0.2) is 18.8 Å². The number of rotatable bonds is 3. The molecule has 12 heteroatoms. The minimum atomic E-state index is -2.35. The Kier molecular flexibility index (Phi) is 5.84. The first-order valence-electron chi connectivity index (χ1n) is 13.0. The van der Waals surface area contributed by atoms with Gasteiger partial charge in [-0.15, -0.1) is 0 Å². The monoisotopic (exact) mass is 560 g/mol. The standard InChI is InChI=1S/C28H29FO11/c1-11-7-15(30)21(32)26(2)14(11)9-16-27-10-38-28(25(36)37-3,22(33)17(31)19(26)27)20(27)18(24(35)39-16)40-23(34)12-5-4-6-13(29)8-12/h4-8,14,16-22,31-33H,9-10H2,1-3H3/t14-,16+,17+,18+,19?,20+,21+,22-,26-,27+,28+/m0/s1. The van der Waals surface area contributed by atoms with Gasteiger partial charge in [0.15, 0.2) is 5.78 Å². The molecule has 2 saturated heterocycles. The molecular formula is C28H29FO11. The molecular weight excluding hydrogens is 531 g/mol. The fourth-order valence-corrected chi connectivity index (χ4v) is 8.61. The SMILES string of the molecule is COC(=O)[C@]12OC[C@]34C([C@@H](O)[C@@H]1O)[C@@]1(C)[C@H](O)C(=O)C=C(C)[C@@H]1C[C@H]3OC(=O)[C@H](OC(=O)c1cccc(F)c1)[C@@H]24. The van der Waals surface area contributed by atoms with E-state index in [1.165, 1.54) is 18.2 Å². The zero-order chi connectivity index (χ0) is 28.9. The number of ether oxygens (including phenoxy) is 4. The Hall–Kier alpha value is -3.19. The maximum absolute atomic E-state index is 13.9. The third kappa shape index (κ3) is 3.07. The molecule has 0 aromatic heterocycles. The molecule has 4 fully saturated rings. The predicted molar refractivity (Wildman–Crippen MR) is 129 cm³/mol. The van der Waals surface area contributed by atoms with E-state index in [1.54, 1.807) is 13.8 Å². The first-order chi connectivity index (χ1) is 18.8. The molecule has 3 N–H and O–H groups in total. The van der Waals surface area contributed by atoms with Crippen LogP contribution in [0.2, 0.25) is 0 Å². The van der Waals surface area contributed by atoms with E-state index in [9.17, 15) is 38.9 Å². The van der Waals surface area contributed by atoms with E-state index in [0.29, 0.717) is 5.57 Å². The van der Waals surface area contributed by atoms with Gasteiger partial charge in [-0.05, 0) is 43.5 Å². The van der Waals surface area contributed by atoms with Crippen LogP contribution in [-0.4, -0.2) is 88.8 Å². The molecule has 11 nitrogen and oxygen atoms in total. The summed E-state index contributed by atoms with van der Waals surface area (Å²) in [4.78, 5) is 52.9. The fraction of sp³-hybridized carbons (Fsp3) is 0.571. The Balaban J connectivity index is 1.55. The van der Waals surface area contributed by atoms with Crippen LogP contribution >= 0.6 is 0 Å². The molecule has 1 aromatic carbocycles. The molecule has 6 rings (SSSR count). The van der Waals surface area contributed by atoms with Crippen molar-refractivity contribution in [1.29, 1.82) is 0 Å². The lowest BCUT2D eigenvalue weighted by atomic mass is 9.38. The summed E-state index contributed by atoms with van der Waals surface area (Å²) in [6.45, 7) is 2.97. The molecule has 40 heavy (non-hydrogen) atoms. The highest BCUT2D eigenvalue weighted by molar-refractivity contribution is 5.96. The van der Waals surface area contributed by atoms with E-state index in [0.717, 1.165) is 19.2 Å². The average Bonchev–Trinajstić information content (AvgIpc) is 3.22. The van der Waals surface area contributed by atoms with Crippen molar-refractivity contribution in [2.24, 2.45) is 28.6 Å². The summed E-state index contributed by atoms with van der Waals surface area (Å²) in [5, 5.41) is 34.5. The van der Waals surface area contributed by atoms with Crippen molar-refractivity contribution in [3.05, 3.63) is 47.3 Å². The van der Waals surface area contributed by atoms with Crippen molar-refractivity contribution in [3.63, 3.8) is 0 Å². The summed E-state index contributed by atoms with van der Waals surface area (Å²) in [5.74, 6) is -7.68. The third-order valence-corrected chi connectivity index (χ3v) is 10.1. The summed E-state index contributed by atoms with van der Waals surface area (Å²) in [6, 6.07) is 4.58. The zero-order valence-corrected chi connectivity index (χ0v) is 21.9. The quantitative estimate of drug-likeness (QED) is 0.339. The van der Waals surface area contributed by atoms with E-state index in [4.69, 9.17) is 18.9 Å². The van der Waals surface area contributed by atoms with Gasteiger partial charge in [0.1, 0.15) is 24.1 Å². The van der Waals surface area contributed by atoms with E-state index in [-0.39, 0.29) is 18.6 Å². The fourth-order valence-electron chi connectivity index (χ4n) is 8.61. The summed E-state index contributed by atoms with van der Waals surface area (Å²) in [6.07, 6.45) is -6.76. The van der Waals surface area contributed by atoms with Crippen molar-refractivity contribution in [2.45, 2.75) is 56.4 Å². The first kappa shape index (κ1) is 27.0. The summed E-state index contributed by atoms with van der Waals surface area (Å²) in [7, 11) is 1.04. The number of benzene rings is 1. The van der Waals surface area contributed by atoms with Crippen LogP contribution in [0.5, 0.6) is 0 Å². The number of fused-ring (bicyclic) bond motifs is 2. The molecule has 2 heterocycles. The Morgan fingerprint density at radius 1 is 1.15 bits per heavy atom. The molecule has 5 aliphatic rings. The lowest BCUT2D eigenvalue weighted by Crippen LogP contribution is -2.80. The van der Waals surface area contributed by atoms with Crippen LogP contribution in [0.3, 0.4) is 0 Å². The van der Waals surface area contributed by atoms with Crippen LogP contribution in [0.1, 0.15) is 30.6 Å². The molecule has 2 aliphatic heterocycles. The number of aliphatic hydroxyl groups excluding tert-OH is 3. The van der Waals surface area contributed by atoms with Crippen molar-refractivity contribution in [3.8, 4) is 0 Å². The summed E-state index contributed by atoms with van der Waals surface area (Å²) < 4.78 is 36.3. The number of aliphatic hydroxyl groups is 3. The second-order valence-electron chi connectivity index (χ2n) is 11.7. The highest BCUT2D eigenvalue weighted by Crippen LogP contribution is 2.72. The van der Waals surface area contributed by atoms with Crippen molar-refractivity contribution in [1.82, 2.24) is 0 Å². The highest BCUT2D eigenvalue weighted by atomic mass is 19.1. The Morgan fingerprint density at radius 2 is 1.88 bits per heavy atom. The summed E-state index contributed by atoms with van der Waals surface area (Å²) in [5.41, 5.74) is -4.84. The normalized spacial score (nSPS) is 45.0. The molecule has 214 valence electrons. The molecule has 1 unspecified atom stereocenters. The zero-order valence-electron chi connectivity index (χ0n) is 21.9. The third-order valence-electron chi connectivity index (χ3n) is 10.1. The van der Waals surface area contributed by atoms with Crippen LogP contribution in [0.4, 0.5) is 4.39 Å². The van der Waals surface area contributed by atoms with Gasteiger partial charge in [-0.2, -0.15) is 0 Å². The van der Waals surface area contributed by atoms with Gasteiger partial charge >= 0.3 is 17.9 Å². The van der Waals surface area contributed by atoms with Gasteiger partial charge in [0.05, 0.1) is 31.3 Å². The Morgan fingerprint density at radius 3 is 2.55 bits per heavy atom. The predicted octanol–water partition coefficient (Wildman–Crippen LogP) is 0.0888. The molecule has 1 aromatic rings. The van der Waals surface area contributed by atoms with E-state index in [1.807, 2.05) is 0 Å². The number of ketones is 1. The van der Waals surface area contributed by atoms with E-state index in [2.05, 4.69) is 0 Å². The van der Waals surface area contributed by atoms with Gasteiger partial charge in [-0.1, -0.05) is 18.6 Å². The molecule has 1 spiro atoms. The van der Waals surface area contributed by atoms with Crippen LogP contribution < -0.4 is 0 Å². The number of hydrogen-bond donors (Lipinski definition) is 3. The average molecular weight is 561 g/mol. The second kappa shape index (κ2) is 8.65. The minimum Gasteiger partial charge on any atom is -0.467 e. The maximum Gasteiger partial charge on any atom is 0.348 e.